The summed E-state index contributed by atoms with van der Waals surface area (Å²) in [6, 6.07) is 17.7. The van der Waals surface area contributed by atoms with Gasteiger partial charge >= 0.3 is 0 Å². The Morgan fingerprint density at radius 2 is 1.57 bits per heavy atom. The van der Waals surface area contributed by atoms with Crippen molar-refractivity contribution in [1.29, 1.82) is 0 Å². The maximum Gasteiger partial charge on any atom is 0.265 e. The zero-order chi connectivity index (χ0) is 44.2. The zero-order valence-corrected chi connectivity index (χ0v) is 38.0. The molecule has 3 aliphatic carbocycles. The van der Waals surface area contributed by atoms with Crippen molar-refractivity contribution in [3.63, 3.8) is 0 Å². The lowest BCUT2D eigenvalue weighted by atomic mass is 9.54. The highest BCUT2D eigenvalue weighted by atomic mass is 32.2. The van der Waals surface area contributed by atoms with Gasteiger partial charge in [-0.05, 0) is 87.3 Å². The molecule has 326 valence electrons. The zero-order valence-electron chi connectivity index (χ0n) is 36.2. The lowest BCUT2D eigenvalue weighted by molar-refractivity contribution is -0.151. The van der Waals surface area contributed by atoms with E-state index in [-0.39, 0.29) is 84.4 Å². The Morgan fingerprint density at radius 3 is 2.13 bits per heavy atom. The molecule has 0 bridgehead atoms. The summed E-state index contributed by atoms with van der Waals surface area (Å²) >= 11 is 0. The molecule has 1 saturated carbocycles. The van der Waals surface area contributed by atoms with Crippen LogP contribution < -0.4 is 19.5 Å². The number of carbonyl (C=O) groups excluding carboxylic acids is 3. The predicted octanol–water partition coefficient (Wildman–Crippen LogP) is 6.93. The smallest absolute Gasteiger partial charge is 0.265 e. The van der Waals surface area contributed by atoms with Gasteiger partial charge < -0.3 is 23.7 Å². The Hall–Kier alpha value is -4.74. The van der Waals surface area contributed by atoms with Crippen molar-refractivity contribution in [1.82, 2.24) is 15.4 Å². The fourth-order valence-corrected chi connectivity index (χ4v) is 11.0. The number of fused-ring (bicyclic) bond motifs is 4. The highest BCUT2D eigenvalue weighted by Crippen LogP contribution is 2.59. The minimum atomic E-state index is -4.04. The summed E-state index contributed by atoms with van der Waals surface area (Å²) in [4.78, 5) is 48.8. The van der Waals surface area contributed by atoms with Crippen LogP contribution in [0.4, 0.5) is 10.1 Å². The number of rotatable bonds is 14. The number of hydrogen-bond acceptors (Lipinski definition) is 12. The summed E-state index contributed by atoms with van der Waals surface area (Å²) in [7, 11) is -1.78. The van der Waals surface area contributed by atoms with E-state index >= 15 is 18.8 Å². The molecule has 1 unspecified atom stereocenters. The van der Waals surface area contributed by atoms with Gasteiger partial charge in [-0.15, -0.1) is 0 Å². The number of Topliss-reactive ketones (excluding diaryl/α,β-unsaturated/α-hetero) is 3. The first-order valence-corrected chi connectivity index (χ1v) is 25.3. The molecule has 1 heterocycles. The number of nitrogens with zero attached hydrogens (tertiary/aromatic N) is 2. The van der Waals surface area contributed by atoms with Crippen molar-refractivity contribution in [3.8, 4) is 11.6 Å². The molecule has 1 fully saturated rings. The third kappa shape index (κ3) is 7.97. The van der Waals surface area contributed by atoms with Gasteiger partial charge in [0.15, 0.2) is 37.0 Å². The molecule has 2 N–H and O–H groups in total. The number of sulfonamides is 1. The molecule has 0 spiro atoms. The molecule has 3 aliphatic rings. The van der Waals surface area contributed by atoms with E-state index in [4.69, 9.17) is 18.4 Å². The van der Waals surface area contributed by atoms with Crippen LogP contribution in [-0.4, -0.2) is 83.7 Å². The second-order valence-electron chi connectivity index (χ2n) is 18.2. The second kappa shape index (κ2) is 16.5. The van der Waals surface area contributed by atoms with Gasteiger partial charge in [-0.2, -0.15) is 0 Å². The Kier molecular flexibility index (Phi) is 12.0. The summed E-state index contributed by atoms with van der Waals surface area (Å²) in [5.41, 5.74) is -1.07. The SMILES string of the molecule is CNCCc1c(F)c2c(c(OCc3ccccc3)c1NS(C)(=O)=O)C(=O)C1C(=O)[C@]3(O[Si](C)(C)C(C)(C)C)C(=O)c4c(OCc5ccccc5)noc4[C@@H](N(C)C)[C@@H]3C[C@@H]1C2. The largest absolute Gasteiger partial charge is 0.486 e. The fraction of sp³-hybridized carbons (Fsp3) is 0.467. The maximum atomic E-state index is 17.2. The molecule has 0 saturated heterocycles. The van der Waals surface area contributed by atoms with E-state index in [1.54, 1.807) is 19.2 Å². The van der Waals surface area contributed by atoms with E-state index < -0.39 is 75.9 Å². The highest BCUT2D eigenvalue weighted by molar-refractivity contribution is 7.92. The van der Waals surface area contributed by atoms with Crippen LogP contribution >= 0.6 is 0 Å². The summed E-state index contributed by atoms with van der Waals surface area (Å²) in [5.74, 6) is -6.10. The van der Waals surface area contributed by atoms with Crippen molar-refractivity contribution in [3.05, 3.63) is 106 Å². The maximum absolute atomic E-state index is 17.2. The number of aromatic nitrogens is 1. The standard InChI is InChI=1S/C45H55FN4O9SSi/c1-44(2,3)61(8,9)59-45-31(37(50(5)6)40-34(42(45)53)43(48-58-40)57-25-27-18-14-11-15-19-27)23-28-22-30-33(38(51)32(28)41(45)52)39(56-24-26-16-12-10-13-17-26)36(49-60(7,54)55)29(35(30)46)20-21-47-4/h10-19,28,31-32,37,47,49H,20-25H2,1-9H3/t28-,31-,32?,37-,45-/m0/s1. The third-order valence-electron chi connectivity index (χ3n) is 12.8. The minimum Gasteiger partial charge on any atom is -0.486 e. The van der Waals surface area contributed by atoms with Gasteiger partial charge in [0.25, 0.3) is 5.88 Å². The van der Waals surface area contributed by atoms with Crippen LogP contribution in [0.15, 0.2) is 65.2 Å². The van der Waals surface area contributed by atoms with E-state index in [0.717, 1.165) is 11.8 Å². The van der Waals surface area contributed by atoms with Gasteiger partial charge in [-0.3, -0.25) is 24.0 Å². The van der Waals surface area contributed by atoms with Crippen LogP contribution in [-0.2, 0) is 45.3 Å². The van der Waals surface area contributed by atoms with Crippen molar-refractivity contribution < 1.29 is 45.6 Å². The molecule has 0 aliphatic heterocycles. The van der Waals surface area contributed by atoms with Gasteiger partial charge in [-0.1, -0.05) is 81.4 Å². The Bertz CT molecular complexity index is 2450. The molecule has 4 aromatic rings. The van der Waals surface area contributed by atoms with E-state index in [1.165, 1.54) is 0 Å². The van der Waals surface area contributed by atoms with Crippen molar-refractivity contribution >= 4 is 41.4 Å². The van der Waals surface area contributed by atoms with E-state index in [1.807, 2.05) is 101 Å². The number of anilines is 1. The number of carbonyl (C=O) groups is 3. The molecule has 5 atom stereocenters. The van der Waals surface area contributed by atoms with Gasteiger partial charge in [0, 0.05) is 17.0 Å². The topological polar surface area (TPSA) is 166 Å². The normalized spacial score (nSPS) is 22.6. The highest BCUT2D eigenvalue weighted by Gasteiger charge is 2.70. The van der Waals surface area contributed by atoms with Gasteiger partial charge in [0.05, 0.1) is 29.5 Å². The Labute approximate surface area is 357 Å². The molecular weight excluding hydrogens is 820 g/mol. The lowest BCUT2D eigenvalue weighted by Crippen LogP contribution is -2.70. The first-order chi connectivity index (χ1) is 28.7. The number of halogens is 1. The van der Waals surface area contributed by atoms with E-state index in [2.05, 4.69) is 15.2 Å². The second-order valence-corrected chi connectivity index (χ2v) is 24.7. The number of ketones is 3. The average molecular weight is 875 g/mol. The van der Waals surface area contributed by atoms with Crippen LogP contribution in [0.2, 0.25) is 18.1 Å². The summed E-state index contributed by atoms with van der Waals surface area (Å²) in [6.45, 7) is 10.1. The van der Waals surface area contributed by atoms with Crippen LogP contribution in [0.25, 0.3) is 0 Å². The lowest BCUT2D eigenvalue weighted by Gasteiger charge is -2.56. The summed E-state index contributed by atoms with van der Waals surface area (Å²) in [5, 5.41) is 6.75. The Morgan fingerprint density at radius 1 is 0.967 bits per heavy atom. The van der Waals surface area contributed by atoms with Crippen LogP contribution in [0, 0.1) is 23.6 Å². The van der Waals surface area contributed by atoms with Crippen molar-refractivity contribution in [2.75, 3.05) is 38.7 Å². The molecule has 16 heteroatoms. The van der Waals surface area contributed by atoms with Gasteiger partial charge in [0.2, 0.25) is 15.8 Å². The molecule has 7 rings (SSSR count). The first kappa shape index (κ1) is 44.3. The quantitative estimate of drug-likeness (QED) is 0.0994. The van der Waals surface area contributed by atoms with Crippen LogP contribution in [0.1, 0.15) is 82.0 Å². The molecule has 1 aromatic heterocycles. The number of hydrogen-bond donors (Lipinski definition) is 2. The van der Waals surface area contributed by atoms with Gasteiger partial charge in [0.1, 0.15) is 24.6 Å². The van der Waals surface area contributed by atoms with Crippen molar-refractivity contribution in [2.45, 2.75) is 83.0 Å². The Balaban J connectivity index is 1.43. The van der Waals surface area contributed by atoms with Gasteiger partial charge in [-0.25, -0.2) is 12.8 Å². The average Bonchev–Trinajstić information content (AvgIpc) is 3.61. The molecule has 61 heavy (non-hydrogen) atoms. The fourth-order valence-electron chi connectivity index (χ4n) is 8.96. The monoisotopic (exact) mass is 874 g/mol. The third-order valence-corrected chi connectivity index (χ3v) is 17.8. The summed E-state index contributed by atoms with van der Waals surface area (Å²) in [6.07, 6.45) is 1.04. The number of nitrogens with one attached hydrogen (secondary N) is 2. The number of ether oxygens (including phenoxy) is 2. The molecular formula is C45H55FN4O9SSi. The first-order valence-electron chi connectivity index (χ1n) is 20.5. The number of likely N-dealkylation sites (N-methyl/N-ethyl adjacent to an activating group) is 1. The number of benzene rings is 3. The minimum absolute atomic E-state index is 0.0215. The van der Waals surface area contributed by atoms with Crippen molar-refractivity contribution in [2.24, 2.45) is 17.8 Å². The molecule has 0 radical (unpaired) electrons. The van der Waals surface area contributed by atoms with E-state index in [0.29, 0.717) is 5.56 Å². The molecule has 3 aromatic carbocycles. The molecule has 13 nitrogen and oxygen atoms in total. The van der Waals surface area contributed by atoms with Crippen LogP contribution in [0.5, 0.6) is 11.6 Å². The van der Waals surface area contributed by atoms with E-state index in [9.17, 15) is 8.42 Å². The predicted molar refractivity (Wildman–Crippen MR) is 230 cm³/mol. The van der Waals surface area contributed by atoms with Crippen LogP contribution in [0.3, 0.4) is 0 Å². The molecule has 0 amide bonds. The summed E-state index contributed by atoms with van der Waals surface area (Å²) < 4.78 is 71.3.